The van der Waals surface area contributed by atoms with E-state index in [1.807, 2.05) is 38.1 Å². The Morgan fingerprint density at radius 3 is 2.65 bits per heavy atom. The number of carbonyl (C=O) groups is 1. The molecule has 2 aromatic rings. The molecular weight excluding hydrogens is 212 g/mol. The zero-order valence-electron chi connectivity index (χ0n) is 10.1. The highest BCUT2D eigenvalue weighted by molar-refractivity contribution is 6.08. The van der Waals surface area contributed by atoms with Gasteiger partial charge in [-0.1, -0.05) is 31.2 Å². The van der Waals surface area contributed by atoms with Crippen molar-refractivity contribution in [2.24, 2.45) is 11.7 Å². The molecule has 1 aromatic carbocycles. The summed E-state index contributed by atoms with van der Waals surface area (Å²) in [5.74, 6) is -0.132. The number of fused-ring (bicyclic) bond motifs is 1. The number of aromatic nitrogens is 1. The van der Waals surface area contributed by atoms with Crippen LogP contribution in [0.15, 0.2) is 36.7 Å². The molecule has 2 N–H and O–H groups in total. The lowest BCUT2D eigenvalue weighted by molar-refractivity contribution is 0.0918. The molecule has 0 saturated heterocycles. The molecular formula is C14H16N2O. The van der Waals surface area contributed by atoms with Crippen molar-refractivity contribution < 1.29 is 4.79 Å². The summed E-state index contributed by atoms with van der Waals surface area (Å²) in [4.78, 5) is 16.4. The van der Waals surface area contributed by atoms with Crippen molar-refractivity contribution in [3.63, 3.8) is 0 Å². The van der Waals surface area contributed by atoms with Gasteiger partial charge in [0.2, 0.25) is 0 Å². The first-order valence-corrected chi connectivity index (χ1v) is 5.74. The minimum atomic E-state index is -0.192. The Balaban J connectivity index is 2.52. The average molecular weight is 228 g/mol. The van der Waals surface area contributed by atoms with Gasteiger partial charge in [-0.15, -0.1) is 0 Å². The van der Waals surface area contributed by atoms with E-state index in [-0.39, 0.29) is 17.7 Å². The molecule has 3 nitrogen and oxygen atoms in total. The first kappa shape index (κ1) is 11.7. The summed E-state index contributed by atoms with van der Waals surface area (Å²) in [5.41, 5.74) is 6.44. The highest BCUT2D eigenvalue weighted by Gasteiger charge is 2.20. The van der Waals surface area contributed by atoms with Crippen LogP contribution >= 0.6 is 0 Å². The molecule has 1 heterocycles. The molecule has 0 bridgehead atoms. The molecule has 0 amide bonds. The minimum absolute atomic E-state index is 0.0595. The SMILES string of the molecule is CC(N)C(C)C(=O)c1cncc2ccccc12. The number of Topliss-reactive ketones (excluding diaryl/α,β-unsaturated/α-hetero) is 1. The zero-order valence-corrected chi connectivity index (χ0v) is 10.1. The molecule has 3 heteroatoms. The predicted octanol–water partition coefficient (Wildman–Crippen LogP) is 2.40. The lowest BCUT2D eigenvalue weighted by atomic mass is 9.92. The number of nitrogens with two attached hydrogens (primary N) is 1. The van der Waals surface area contributed by atoms with Crippen LogP contribution in [0.2, 0.25) is 0 Å². The van der Waals surface area contributed by atoms with Gasteiger partial charge in [0.25, 0.3) is 0 Å². The monoisotopic (exact) mass is 228 g/mol. The minimum Gasteiger partial charge on any atom is -0.327 e. The highest BCUT2D eigenvalue weighted by Crippen LogP contribution is 2.20. The summed E-state index contributed by atoms with van der Waals surface area (Å²) < 4.78 is 0. The quantitative estimate of drug-likeness (QED) is 0.821. The summed E-state index contributed by atoms with van der Waals surface area (Å²) in [6.07, 6.45) is 3.40. The molecule has 0 saturated carbocycles. The molecule has 0 aliphatic rings. The van der Waals surface area contributed by atoms with Crippen LogP contribution in [0, 0.1) is 5.92 Å². The maximum Gasteiger partial charge on any atom is 0.169 e. The van der Waals surface area contributed by atoms with Gasteiger partial charge in [0.1, 0.15) is 0 Å². The predicted molar refractivity (Wildman–Crippen MR) is 68.9 cm³/mol. The van der Waals surface area contributed by atoms with Crippen molar-refractivity contribution in [2.75, 3.05) is 0 Å². The van der Waals surface area contributed by atoms with Crippen LogP contribution in [0.1, 0.15) is 24.2 Å². The van der Waals surface area contributed by atoms with Gasteiger partial charge in [-0.25, -0.2) is 0 Å². The molecule has 0 radical (unpaired) electrons. The van der Waals surface area contributed by atoms with Gasteiger partial charge >= 0.3 is 0 Å². The van der Waals surface area contributed by atoms with Gasteiger partial charge in [-0.3, -0.25) is 9.78 Å². The maximum atomic E-state index is 12.3. The van der Waals surface area contributed by atoms with Gasteiger partial charge in [0.05, 0.1) is 0 Å². The van der Waals surface area contributed by atoms with E-state index < -0.39 is 0 Å². The van der Waals surface area contributed by atoms with Gasteiger partial charge in [-0.05, 0) is 12.3 Å². The Hall–Kier alpha value is -1.74. The van der Waals surface area contributed by atoms with E-state index in [4.69, 9.17) is 5.73 Å². The van der Waals surface area contributed by atoms with E-state index in [0.717, 1.165) is 10.8 Å². The lowest BCUT2D eigenvalue weighted by Crippen LogP contribution is -2.30. The van der Waals surface area contributed by atoms with Gasteiger partial charge in [0, 0.05) is 35.3 Å². The Bertz CT molecular complexity index is 543. The summed E-state index contributed by atoms with van der Waals surface area (Å²) in [7, 11) is 0. The third-order valence-electron chi connectivity index (χ3n) is 3.14. The number of pyridine rings is 1. The Morgan fingerprint density at radius 2 is 1.94 bits per heavy atom. The number of ketones is 1. The normalized spacial score (nSPS) is 14.5. The maximum absolute atomic E-state index is 12.3. The fourth-order valence-corrected chi connectivity index (χ4v) is 1.80. The van der Waals surface area contributed by atoms with E-state index in [9.17, 15) is 4.79 Å². The lowest BCUT2D eigenvalue weighted by Gasteiger charge is -2.15. The Morgan fingerprint density at radius 1 is 1.24 bits per heavy atom. The number of nitrogens with zero attached hydrogens (tertiary/aromatic N) is 1. The van der Waals surface area contributed by atoms with Crippen molar-refractivity contribution in [1.29, 1.82) is 0 Å². The Kier molecular flexibility index (Phi) is 3.20. The summed E-state index contributed by atoms with van der Waals surface area (Å²) >= 11 is 0. The largest absolute Gasteiger partial charge is 0.327 e. The van der Waals surface area contributed by atoms with E-state index in [1.165, 1.54) is 0 Å². The highest BCUT2D eigenvalue weighted by atomic mass is 16.1. The second-order valence-corrected chi connectivity index (χ2v) is 4.42. The second kappa shape index (κ2) is 4.63. The molecule has 88 valence electrons. The molecule has 2 unspecified atom stereocenters. The fourth-order valence-electron chi connectivity index (χ4n) is 1.80. The summed E-state index contributed by atoms with van der Waals surface area (Å²) in [6.45, 7) is 3.70. The molecule has 17 heavy (non-hydrogen) atoms. The molecule has 0 fully saturated rings. The molecule has 0 spiro atoms. The first-order valence-electron chi connectivity index (χ1n) is 5.74. The second-order valence-electron chi connectivity index (χ2n) is 4.42. The van der Waals surface area contributed by atoms with E-state index in [1.54, 1.807) is 12.4 Å². The standard InChI is InChI=1S/C14H16N2O/c1-9(10(2)15)14(17)13-8-16-7-11-5-3-4-6-12(11)13/h3-10H,15H2,1-2H3. The third kappa shape index (κ3) is 2.19. The van der Waals surface area contributed by atoms with E-state index in [2.05, 4.69) is 4.98 Å². The van der Waals surface area contributed by atoms with Crippen molar-refractivity contribution in [3.05, 3.63) is 42.2 Å². The number of hydrogen-bond donors (Lipinski definition) is 1. The number of hydrogen-bond acceptors (Lipinski definition) is 3. The molecule has 0 aliphatic carbocycles. The van der Waals surface area contributed by atoms with Crippen LogP contribution < -0.4 is 5.73 Å². The molecule has 0 aliphatic heterocycles. The van der Waals surface area contributed by atoms with Crippen molar-refractivity contribution in [1.82, 2.24) is 4.98 Å². The molecule has 1 aromatic heterocycles. The topological polar surface area (TPSA) is 56.0 Å². The first-order chi connectivity index (χ1) is 8.11. The Labute approximate surface area is 101 Å². The van der Waals surface area contributed by atoms with Crippen molar-refractivity contribution in [3.8, 4) is 0 Å². The number of rotatable bonds is 3. The smallest absolute Gasteiger partial charge is 0.169 e. The van der Waals surface area contributed by atoms with Crippen molar-refractivity contribution >= 4 is 16.6 Å². The van der Waals surface area contributed by atoms with Crippen molar-refractivity contribution in [2.45, 2.75) is 19.9 Å². The third-order valence-corrected chi connectivity index (χ3v) is 3.14. The molecule has 2 atom stereocenters. The van der Waals surface area contributed by atoms with Crippen LogP contribution in [0.4, 0.5) is 0 Å². The molecule has 2 rings (SSSR count). The summed E-state index contributed by atoms with van der Waals surface area (Å²) in [6, 6.07) is 7.61. The number of carbonyl (C=O) groups excluding carboxylic acids is 1. The summed E-state index contributed by atoms with van der Waals surface area (Å²) in [5, 5.41) is 1.93. The van der Waals surface area contributed by atoms with Gasteiger partial charge in [0.15, 0.2) is 5.78 Å². The van der Waals surface area contributed by atoms with Crippen LogP contribution in [0.5, 0.6) is 0 Å². The van der Waals surface area contributed by atoms with Gasteiger partial charge < -0.3 is 5.73 Å². The van der Waals surface area contributed by atoms with Crippen LogP contribution in [-0.2, 0) is 0 Å². The zero-order chi connectivity index (χ0) is 12.4. The van der Waals surface area contributed by atoms with Crippen LogP contribution in [0.3, 0.4) is 0 Å². The van der Waals surface area contributed by atoms with Gasteiger partial charge in [-0.2, -0.15) is 0 Å². The average Bonchev–Trinajstić information content (AvgIpc) is 2.36. The van der Waals surface area contributed by atoms with E-state index in [0.29, 0.717) is 5.56 Å². The number of benzene rings is 1. The fraction of sp³-hybridized carbons (Fsp3) is 0.286. The van der Waals surface area contributed by atoms with E-state index >= 15 is 0 Å². The van der Waals surface area contributed by atoms with Crippen LogP contribution in [0.25, 0.3) is 10.8 Å². The van der Waals surface area contributed by atoms with Crippen LogP contribution in [-0.4, -0.2) is 16.8 Å².